The Hall–Kier alpha value is -2.24. The summed E-state index contributed by atoms with van der Waals surface area (Å²) < 4.78 is 10.7. The molecule has 1 rings (SSSR count). The maximum absolute atomic E-state index is 12.4. The van der Waals surface area contributed by atoms with E-state index in [9.17, 15) is 14.7 Å². The SMILES string of the molecule is CCCOc1cc(OC)ccc1C(=O)N[C@H](CC(C)C)C(=O)O. The van der Waals surface area contributed by atoms with E-state index in [1.165, 1.54) is 7.11 Å². The standard InChI is InChI=1S/C17H25NO5/c1-5-8-23-15-10-12(22-4)6-7-13(15)16(19)18-14(17(20)21)9-11(2)3/h6-7,10-11,14H,5,8-9H2,1-4H3,(H,18,19)(H,20,21)/t14-/m1/s1. The van der Waals surface area contributed by atoms with Crippen molar-refractivity contribution in [1.82, 2.24) is 5.32 Å². The zero-order chi connectivity index (χ0) is 17.4. The van der Waals surface area contributed by atoms with Crippen LogP contribution in [-0.2, 0) is 4.79 Å². The van der Waals surface area contributed by atoms with Crippen LogP contribution in [0.4, 0.5) is 0 Å². The summed E-state index contributed by atoms with van der Waals surface area (Å²) in [4.78, 5) is 23.7. The first-order valence-corrected chi connectivity index (χ1v) is 7.73. The fourth-order valence-corrected chi connectivity index (χ4v) is 2.08. The zero-order valence-corrected chi connectivity index (χ0v) is 14.1. The average molecular weight is 323 g/mol. The van der Waals surface area contributed by atoms with Gasteiger partial charge in [-0.3, -0.25) is 4.79 Å². The van der Waals surface area contributed by atoms with Crippen LogP contribution in [0.3, 0.4) is 0 Å². The topological polar surface area (TPSA) is 84.9 Å². The van der Waals surface area contributed by atoms with Gasteiger partial charge in [0.2, 0.25) is 0 Å². The summed E-state index contributed by atoms with van der Waals surface area (Å²) >= 11 is 0. The van der Waals surface area contributed by atoms with Gasteiger partial charge in [-0.2, -0.15) is 0 Å². The molecule has 23 heavy (non-hydrogen) atoms. The summed E-state index contributed by atoms with van der Waals surface area (Å²) in [5.41, 5.74) is 0.300. The number of carboxylic acids is 1. The molecular weight excluding hydrogens is 298 g/mol. The molecule has 0 saturated heterocycles. The summed E-state index contributed by atoms with van der Waals surface area (Å²) in [5, 5.41) is 11.8. The highest BCUT2D eigenvalue weighted by atomic mass is 16.5. The normalized spacial score (nSPS) is 11.9. The number of aliphatic carboxylic acids is 1. The fraction of sp³-hybridized carbons (Fsp3) is 0.529. The molecule has 0 bridgehead atoms. The molecule has 1 aromatic carbocycles. The van der Waals surface area contributed by atoms with Crippen LogP contribution in [0.25, 0.3) is 0 Å². The molecule has 1 aromatic rings. The van der Waals surface area contributed by atoms with Crippen molar-refractivity contribution in [2.24, 2.45) is 5.92 Å². The lowest BCUT2D eigenvalue weighted by atomic mass is 10.0. The van der Waals surface area contributed by atoms with E-state index in [1.807, 2.05) is 20.8 Å². The molecule has 0 aliphatic rings. The van der Waals surface area contributed by atoms with Crippen LogP contribution in [0.1, 0.15) is 44.0 Å². The lowest BCUT2D eigenvalue weighted by Gasteiger charge is -2.18. The Labute approximate surface area is 136 Å². The molecule has 0 radical (unpaired) electrons. The summed E-state index contributed by atoms with van der Waals surface area (Å²) in [6.07, 6.45) is 1.16. The van der Waals surface area contributed by atoms with Gasteiger partial charge in [0.25, 0.3) is 5.91 Å². The smallest absolute Gasteiger partial charge is 0.326 e. The van der Waals surface area contributed by atoms with Crippen LogP contribution in [0, 0.1) is 5.92 Å². The molecule has 0 saturated carbocycles. The predicted octanol–water partition coefficient (Wildman–Crippen LogP) is 2.71. The minimum Gasteiger partial charge on any atom is -0.497 e. The van der Waals surface area contributed by atoms with Gasteiger partial charge in [0.1, 0.15) is 17.5 Å². The predicted molar refractivity (Wildman–Crippen MR) is 87.1 cm³/mol. The number of methoxy groups -OCH3 is 1. The van der Waals surface area contributed by atoms with Gasteiger partial charge >= 0.3 is 5.97 Å². The van der Waals surface area contributed by atoms with Crippen LogP contribution in [0.5, 0.6) is 11.5 Å². The minimum atomic E-state index is -1.04. The molecule has 0 heterocycles. The van der Waals surface area contributed by atoms with Crippen LogP contribution in [0.15, 0.2) is 18.2 Å². The highest BCUT2D eigenvalue weighted by Gasteiger charge is 2.23. The lowest BCUT2D eigenvalue weighted by molar-refractivity contribution is -0.139. The molecule has 0 aromatic heterocycles. The third-order valence-corrected chi connectivity index (χ3v) is 3.21. The maximum Gasteiger partial charge on any atom is 0.326 e. The van der Waals surface area contributed by atoms with Crippen LogP contribution < -0.4 is 14.8 Å². The van der Waals surface area contributed by atoms with Crippen molar-refractivity contribution in [2.45, 2.75) is 39.7 Å². The Kier molecular flexibility index (Phi) is 7.38. The monoisotopic (exact) mass is 323 g/mol. The van der Waals surface area contributed by atoms with Gasteiger partial charge in [-0.15, -0.1) is 0 Å². The van der Waals surface area contributed by atoms with E-state index >= 15 is 0 Å². The first kappa shape index (κ1) is 18.8. The van der Waals surface area contributed by atoms with Crippen LogP contribution >= 0.6 is 0 Å². The Morgan fingerprint density at radius 3 is 2.52 bits per heavy atom. The molecule has 1 atom stereocenters. The van der Waals surface area contributed by atoms with Gasteiger partial charge in [0.15, 0.2) is 0 Å². The van der Waals surface area contributed by atoms with E-state index < -0.39 is 17.9 Å². The first-order chi connectivity index (χ1) is 10.9. The average Bonchev–Trinajstić information content (AvgIpc) is 2.51. The largest absolute Gasteiger partial charge is 0.497 e. The van der Waals surface area contributed by atoms with E-state index in [4.69, 9.17) is 9.47 Å². The second-order valence-electron chi connectivity index (χ2n) is 5.70. The van der Waals surface area contributed by atoms with Crippen LogP contribution in [-0.4, -0.2) is 36.7 Å². The molecule has 0 spiro atoms. The number of carbonyl (C=O) groups is 2. The highest BCUT2D eigenvalue weighted by molar-refractivity contribution is 5.99. The summed E-state index contributed by atoms with van der Waals surface area (Å²) in [6.45, 7) is 6.24. The van der Waals surface area contributed by atoms with Gasteiger partial charge in [-0.1, -0.05) is 20.8 Å². The van der Waals surface area contributed by atoms with E-state index in [1.54, 1.807) is 18.2 Å². The molecule has 0 aliphatic carbocycles. The van der Waals surface area contributed by atoms with Gasteiger partial charge in [0, 0.05) is 6.07 Å². The van der Waals surface area contributed by atoms with Crippen molar-refractivity contribution < 1.29 is 24.2 Å². The zero-order valence-electron chi connectivity index (χ0n) is 14.1. The number of hydrogen-bond donors (Lipinski definition) is 2. The van der Waals surface area contributed by atoms with E-state index in [-0.39, 0.29) is 5.92 Å². The van der Waals surface area contributed by atoms with E-state index in [2.05, 4.69) is 5.32 Å². The van der Waals surface area contributed by atoms with E-state index in [0.29, 0.717) is 30.1 Å². The van der Waals surface area contributed by atoms with Gasteiger partial charge < -0.3 is 19.9 Å². The molecule has 128 valence electrons. The number of nitrogens with one attached hydrogen (secondary N) is 1. The third kappa shape index (κ3) is 5.81. The van der Waals surface area contributed by atoms with Gasteiger partial charge in [0.05, 0.1) is 19.3 Å². The Morgan fingerprint density at radius 1 is 1.30 bits per heavy atom. The number of benzene rings is 1. The second-order valence-corrected chi connectivity index (χ2v) is 5.70. The molecule has 0 unspecified atom stereocenters. The molecule has 2 N–H and O–H groups in total. The number of hydrogen-bond acceptors (Lipinski definition) is 4. The lowest BCUT2D eigenvalue weighted by Crippen LogP contribution is -2.41. The Balaban J connectivity index is 2.98. The second kappa shape index (κ2) is 9.02. The third-order valence-electron chi connectivity index (χ3n) is 3.21. The highest BCUT2D eigenvalue weighted by Crippen LogP contribution is 2.25. The van der Waals surface area contributed by atoms with Crippen molar-refractivity contribution in [1.29, 1.82) is 0 Å². The molecule has 6 heteroatoms. The van der Waals surface area contributed by atoms with Gasteiger partial charge in [-0.05, 0) is 30.9 Å². The number of amides is 1. The van der Waals surface area contributed by atoms with Crippen molar-refractivity contribution in [3.8, 4) is 11.5 Å². The molecular formula is C17H25NO5. The first-order valence-electron chi connectivity index (χ1n) is 7.73. The molecule has 0 fully saturated rings. The minimum absolute atomic E-state index is 0.156. The number of carboxylic acid groups (broad SMARTS) is 1. The summed E-state index contributed by atoms with van der Waals surface area (Å²) in [5.74, 6) is -0.395. The number of ether oxygens (including phenoxy) is 2. The Morgan fingerprint density at radius 2 is 2.00 bits per heavy atom. The number of carbonyl (C=O) groups excluding carboxylic acids is 1. The summed E-state index contributed by atoms with van der Waals surface area (Å²) in [7, 11) is 1.53. The molecule has 0 aliphatic heterocycles. The van der Waals surface area contributed by atoms with Crippen molar-refractivity contribution in [3.05, 3.63) is 23.8 Å². The Bertz CT molecular complexity index is 542. The fourth-order valence-electron chi connectivity index (χ4n) is 2.08. The van der Waals surface area contributed by atoms with Crippen molar-refractivity contribution in [3.63, 3.8) is 0 Å². The maximum atomic E-state index is 12.4. The van der Waals surface area contributed by atoms with Gasteiger partial charge in [-0.25, -0.2) is 4.79 Å². The van der Waals surface area contributed by atoms with E-state index in [0.717, 1.165) is 6.42 Å². The van der Waals surface area contributed by atoms with Crippen molar-refractivity contribution in [2.75, 3.05) is 13.7 Å². The molecule has 1 amide bonds. The summed E-state index contributed by atoms with van der Waals surface area (Å²) in [6, 6.07) is 3.92. The quantitative estimate of drug-likeness (QED) is 0.730. The molecule has 6 nitrogen and oxygen atoms in total. The number of rotatable bonds is 9. The van der Waals surface area contributed by atoms with Crippen molar-refractivity contribution >= 4 is 11.9 Å². The van der Waals surface area contributed by atoms with Crippen LogP contribution in [0.2, 0.25) is 0 Å².